The quantitative estimate of drug-likeness (QED) is 0.730. The molecule has 0 unspecified atom stereocenters. The van der Waals surface area contributed by atoms with Gasteiger partial charge in [0, 0.05) is 22.3 Å². The van der Waals surface area contributed by atoms with E-state index in [1.54, 1.807) is 24.3 Å². The van der Waals surface area contributed by atoms with Gasteiger partial charge in [0.1, 0.15) is 0 Å². The Balaban J connectivity index is 0.000000545. The number of hydrogen-bond donors (Lipinski definition) is 1. The highest BCUT2D eigenvalue weighted by molar-refractivity contribution is 6.28. The van der Waals surface area contributed by atoms with E-state index in [0.29, 0.717) is 11.1 Å². The van der Waals surface area contributed by atoms with Gasteiger partial charge in [0.25, 0.3) is 0 Å². The minimum absolute atomic E-state index is 0.000666. The first-order valence-corrected chi connectivity index (χ1v) is 6.06. The molecule has 0 aliphatic heterocycles. The maximum atomic E-state index is 12.3. The predicted octanol–water partition coefficient (Wildman–Crippen LogP) is 1.58. The van der Waals surface area contributed by atoms with Crippen molar-refractivity contribution in [2.45, 2.75) is 0 Å². The second-order valence-corrected chi connectivity index (χ2v) is 4.35. The molecule has 2 aromatic rings. The number of carbonyl (C=O) groups excluding carboxylic acids is 4. The number of fused-ring (bicyclic) bond motifs is 2. The van der Waals surface area contributed by atoms with Gasteiger partial charge in [-0.3, -0.25) is 9.59 Å². The molecule has 0 aromatic heterocycles. The van der Waals surface area contributed by atoms with Crippen molar-refractivity contribution in [2.75, 3.05) is 0 Å². The van der Waals surface area contributed by atoms with Crippen molar-refractivity contribution in [2.24, 2.45) is 0 Å². The fourth-order valence-electron chi connectivity index (χ4n) is 2.23. The van der Waals surface area contributed by atoms with Crippen LogP contribution in [0.1, 0.15) is 42.2 Å². The molecule has 0 fully saturated rings. The van der Waals surface area contributed by atoms with Gasteiger partial charge >= 0.3 is 12.1 Å². The molecule has 0 atom stereocenters. The second kappa shape index (κ2) is 5.95. The summed E-state index contributed by atoms with van der Waals surface area (Å²) in [5.74, 6) is -1.68. The van der Waals surface area contributed by atoms with Gasteiger partial charge < -0.3 is 5.11 Å². The van der Waals surface area contributed by atoms with E-state index >= 15 is 0 Å². The lowest BCUT2D eigenvalue weighted by Gasteiger charge is -2.17. The van der Waals surface area contributed by atoms with Crippen molar-refractivity contribution in [1.82, 2.24) is 0 Å². The Hall–Kier alpha value is -3.37. The smallest absolute Gasteiger partial charge is 0.373 e. The van der Waals surface area contributed by atoms with Crippen LogP contribution in [0.2, 0.25) is 0 Å². The van der Waals surface area contributed by atoms with Crippen LogP contribution in [-0.2, 0) is 9.59 Å². The van der Waals surface area contributed by atoms with E-state index in [4.69, 9.17) is 14.7 Å². The summed E-state index contributed by atoms with van der Waals surface area (Å²) < 4.78 is 0. The third-order valence-electron chi connectivity index (χ3n) is 3.17. The summed E-state index contributed by atoms with van der Waals surface area (Å²) in [6.45, 7) is 0. The highest BCUT2D eigenvalue weighted by Gasteiger charge is 2.29. The molecule has 0 radical (unpaired) electrons. The van der Waals surface area contributed by atoms with Crippen LogP contribution >= 0.6 is 0 Å². The lowest BCUT2D eigenvalue weighted by atomic mass is 9.83. The Morgan fingerprint density at radius 3 is 1.77 bits per heavy atom. The summed E-state index contributed by atoms with van der Waals surface area (Å²) in [5, 5.41) is 8.94. The molecule has 6 nitrogen and oxygen atoms in total. The summed E-state index contributed by atoms with van der Waals surface area (Å²) in [5.41, 5.74) is 1.10. The van der Waals surface area contributed by atoms with Crippen molar-refractivity contribution in [3.05, 3.63) is 70.3 Å². The summed E-state index contributed by atoms with van der Waals surface area (Å²) in [7, 11) is 0. The normalized spacial score (nSPS) is 11.5. The first-order valence-electron chi connectivity index (χ1n) is 6.06. The van der Waals surface area contributed by atoms with Crippen LogP contribution in [0.15, 0.2) is 42.5 Å². The van der Waals surface area contributed by atoms with Gasteiger partial charge in [0.2, 0.25) is 0 Å². The fourth-order valence-corrected chi connectivity index (χ4v) is 2.23. The number of carbonyl (C=O) groups is 3. The van der Waals surface area contributed by atoms with E-state index in [9.17, 15) is 14.4 Å². The molecule has 1 N–H and O–H groups in total. The number of hydrogen-bond acceptors (Lipinski definition) is 5. The summed E-state index contributed by atoms with van der Waals surface area (Å²) in [6, 6.07) is 10.5. The monoisotopic (exact) mass is 296 g/mol. The van der Waals surface area contributed by atoms with Gasteiger partial charge in [-0.05, 0) is 18.2 Å². The van der Waals surface area contributed by atoms with Crippen LogP contribution in [0.25, 0.3) is 0 Å². The largest absolute Gasteiger partial charge is 0.478 e. The predicted molar refractivity (Wildman–Crippen MR) is 71.7 cm³/mol. The average Bonchev–Trinajstić information content (AvgIpc) is 2.53. The number of carboxylic acids is 1. The molecule has 6 heteroatoms. The molecule has 22 heavy (non-hydrogen) atoms. The van der Waals surface area contributed by atoms with Gasteiger partial charge in [0.05, 0.1) is 5.56 Å². The highest BCUT2D eigenvalue weighted by Crippen LogP contribution is 2.27. The van der Waals surface area contributed by atoms with Gasteiger partial charge in [-0.25, -0.2) is 4.79 Å². The van der Waals surface area contributed by atoms with Gasteiger partial charge in [0.15, 0.2) is 11.6 Å². The molecule has 0 heterocycles. The standard InChI is InChI=1S/C15H8O4.CO2/c16-13-9-3-1-2-4-10(9)14(17)12-7-8(15(18)19)5-6-11(12)13;2-1-3/h1-7H,(H,18,19);. The van der Waals surface area contributed by atoms with Gasteiger partial charge in [-0.1, -0.05) is 24.3 Å². The van der Waals surface area contributed by atoms with Gasteiger partial charge in [-0.15, -0.1) is 0 Å². The van der Waals surface area contributed by atoms with E-state index in [-0.39, 0.29) is 34.4 Å². The van der Waals surface area contributed by atoms with E-state index in [2.05, 4.69) is 0 Å². The Labute approximate surface area is 124 Å². The van der Waals surface area contributed by atoms with E-state index < -0.39 is 5.97 Å². The molecule has 0 spiro atoms. The Bertz CT molecular complexity index is 828. The third-order valence-corrected chi connectivity index (χ3v) is 3.17. The van der Waals surface area contributed by atoms with Crippen molar-refractivity contribution in [3.8, 4) is 0 Å². The summed E-state index contributed by atoms with van der Waals surface area (Å²) in [4.78, 5) is 51.7. The summed E-state index contributed by atoms with van der Waals surface area (Å²) >= 11 is 0. The molecule has 1 aliphatic rings. The Morgan fingerprint density at radius 1 is 0.818 bits per heavy atom. The molecule has 0 amide bonds. The Kier molecular flexibility index (Phi) is 4.06. The van der Waals surface area contributed by atoms with E-state index in [1.807, 2.05) is 0 Å². The van der Waals surface area contributed by atoms with Crippen molar-refractivity contribution < 1.29 is 29.1 Å². The topological polar surface area (TPSA) is 106 Å². The minimum atomic E-state index is -1.12. The van der Waals surface area contributed by atoms with Crippen LogP contribution in [0.5, 0.6) is 0 Å². The van der Waals surface area contributed by atoms with Crippen LogP contribution in [0.3, 0.4) is 0 Å². The number of carboxylic acid groups (broad SMARTS) is 1. The number of benzene rings is 2. The number of ketones is 2. The zero-order valence-electron chi connectivity index (χ0n) is 11.0. The van der Waals surface area contributed by atoms with E-state index in [1.165, 1.54) is 18.2 Å². The molecule has 2 aromatic carbocycles. The molecule has 108 valence electrons. The maximum absolute atomic E-state index is 12.3. The fraction of sp³-hybridized carbons (Fsp3) is 0. The molecular weight excluding hydrogens is 288 g/mol. The lowest BCUT2D eigenvalue weighted by Crippen LogP contribution is -2.21. The third kappa shape index (κ3) is 2.46. The van der Waals surface area contributed by atoms with E-state index in [0.717, 1.165) is 0 Å². The number of rotatable bonds is 1. The average molecular weight is 296 g/mol. The first-order chi connectivity index (χ1) is 10.5. The molecular formula is C16H8O6. The van der Waals surface area contributed by atoms with Crippen LogP contribution in [-0.4, -0.2) is 28.8 Å². The van der Waals surface area contributed by atoms with Gasteiger partial charge in [-0.2, -0.15) is 9.59 Å². The van der Waals surface area contributed by atoms with Crippen molar-refractivity contribution >= 4 is 23.7 Å². The Morgan fingerprint density at radius 2 is 1.27 bits per heavy atom. The maximum Gasteiger partial charge on any atom is 0.373 e. The first kappa shape index (κ1) is 15.0. The zero-order chi connectivity index (χ0) is 16.3. The second-order valence-electron chi connectivity index (χ2n) is 4.35. The molecule has 0 bridgehead atoms. The SMILES string of the molecule is O=C(O)c1ccc2c(c1)C(=O)c1ccccc1C2=O.O=C=O. The molecule has 1 aliphatic carbocycles. The summed E-state index contributed by atoms with van der Waals surface area (Å²) in [6.07, 6.45) is 0.250. The minimum Gasteiger partial charge on any atom is -0.478 e. The number of aromatic carboxylic acids is 1. The lowest BCUT2D eigenvalue weighted by molar-refractivity contribution is -0.191. The molecule has 3 rings (SSSR count). The molecule has 0 saturated heterocycles. The van der Waals surface area contributed by atoms with Crippen LogP contribution < -0.4 is 0 Å². The van der Waals surface area contributed by atoms with Crippen molar-refractivity contribution in [3.63, 3.8) is 0 Å². The van der Waals surface area contributed by atoms with Crippen LogP contribution in [0.4, 0.5) is 0 Å². The van der Waals surface area contributed by atoms with Crippen LogP contribution in [0, 0.1) is 0 Å². The molecule has 0 saturated carbocycles. The zero-order valence-corrected chi connectivity index (χ0v) is 11.0. The van der Waals surface area contributed by atoms with Crippen molar-refractivity contribution in [1.29, 1.82) is 0 Å². The highest BCUT2D eigenvalue weighted by atomic mass is 16.4.